The lowest BCUT2D eigenvalue weighted by molar-refractivity contribution is -0.137. The molecule has 0 saturated carbocycles. The number of benzene rings is 3. The van der Waals surface area contributed by atoms with Crippen molar-refractivity contribution >= 4 is 46.6 Å². The molecule has 3 aromatic carbocycles. The first-order chi connectivity index (χ1) is 16.6. The standard InChI is InChI=1S/C26H20ClF3N2O2S/c1-3-16-6-9-18(10-7-16)31-22-23(35-19-11-4-15(2)5-12-19)25(34)32(24(22)33)21-14-17(26(28,29)30)8-13-20(21)27/h4-14,31H,3H2,1-2H3. The Morgan fingerprint density at radius 2 is 1.60 bits per heavy atom. The van der Waals surface area contributed by atoms with Crippen LogP contribution in [0.25, 0.3) is 0 Å². The fourth-order valence-electron chi connectivity index (χ4n) is 3.49. The van der Waals surface area contributed by atoms with Gasteiger partial charge in [-0.25, -0.2) is 4.90 Å². The molecule has 0 radical (unpaired) electrons. The summed E-state index contributed by atoms with van der Waals surface area (Å²) in [4.78, 5) is 28.3. The maximum absolute atomic E-state index is 13.4. The van der Waals surface area contributed by atoms with Crippen LogP contribution in [0.2, 0.25) is 5.02 Å². The van der Waals surface area contributed by atoms with Crippen LogP contribution in [0.5, 0.6) is 0 Å². The second kappa shape index (κ2) is 9.79. The van der Waals surface area contributed by atoms with Gasteiger partial charge in [-0.05, 0) is 61.4 Å². The Hall–Kier alpha value is -3.23. The lowest BCUT2D eigenvalue weighted by Gasteiger charge is -2.18. The number of carbonyl (C=O) groups is 2. The van der Waals surface area contributed by atoms with E-state index in [4.69, 9.17) is 11.6 Å². The third-order valence-electron chi connectivity index (χ3n) is 5.43. The number of thioether (sulfide) groups is 1. The van der Waals surface area contributed by atoms with Crippen LogP contribution in [0.15, 0.2) is 82.2 Å². The topological polar surface area (TPSA) is 49.4 Å². The van der Waals surface area contributed by atoms with Crippen LogP contribution in [0.4, 0.5) is 24.5 Å². The zero-order chi connectivity index (χ0) is 25.3. The molecule has 4 nitrogen and oxygen atoms in total. The van der Waals surface area contributed by atoms with Crippen molar-refractivity contribution in [2.24, 2.45) is 0 Å². The summed E-state index contributed by atoms with van der Waals surface area (Å²) in [6.45, 7) is 3.93. The molecule has 0 spiro atoms. The summed E-state index contributed by atoms with van der Waals surface area (Å²) < 4.78 is 40.0. The Balaban J connectivity index is 1.77. The van der Waals surface area contributed by atoms with Crippen LogP contribution >= 0.6 is 23.4 Å². The summed E-state index contributed by atoms with van der Waals surface area (Å²) in [5.74, 6) is -1.54. The molecule has 180 valence electrons. The third-order valence-corrected chi connectivity index (χ3v) is 6.84. The summed E-state index contributed by atoms with van der Waals surface area (Å²) >= 11 is 7.22. The van der Waals surface area contributed by atoms with E-state index < -0.39 is 23.6 Å². The monoisotopic (exact) mass is 516 g/mol. The smallest absolute Gasteiger partial charge is 0.350 e. The molecular weight excluding hydrogens is 497 g/mol. The van der Waals surface area contributed by atoms with Crippen molar-refractivity contribution in [3.8, 4) is 0 Å². The molecule has 0 fully saturated rings. The van der Waals surface area contributed by atoms with Crippen LogP contribution in [0, 0.1) is 6.92 Å². The van der Waals surface area contributed by atoms with Gasteiger partial charge < -0.3 is 5.32 Å². The molecular formula is C26H20ClF3N2O2S. The zero-order valence-electron chi connectivity index (χ0n) is 18.7. The fourth-order valence-corrected chi connectivity index (χ4v) is 4.61. The zero-order valence-corrected chi connectivity index (χ0v) is 20.3. The first-order valence-corrected chi connectivity index (χ1v) is 11.9. The van der Waals surface area contributed by atoms with Crippen LogP contribution in [0.3, 0.4) is 0 Å². The lowest BCUT2D eigenvalue weighted by atomic mass is 10.1. The number of nitrogens with zero attached hydrogens (tertiary/aromatic N) is 1. The Morgan fingerprint density at radius 1 is 0.943 bits per heavy atom. The first-order valence-electron chi connectivity index (χ1n) is 10.7. The molecule has 4 rings (SSSR count). The Morgan fingerprint density at radius 3 is 2.20 bits per heavy atom. The van der Waals surface area contributed by atoms with Crippen LogP contribution in [-0.2, 0) is 22.2 Å². The fraction of sp³-hybridized carbons (Fsp3) is 0.154. The van der Waals surface area contributed by atoms with Crippen molar-refractivity contribution in [3.05, 3.63) is 99.0 Å². The normalized spacial score (nSPS) is 14.2. The number of imide groups is 1. The minimum absolute atomic E-state index is 0.0294. The van der Waals surface area contributed by atoms with Gasteiger partial charge in [0.2, 0.25) is 0 Å². The van der Waals surface area contributed by atoms with Crippen molar-refractivity contribution < 1.29 is 22.8 Å². The minimum Gasteiger partial charge on any atom is -0.350 e. The maximum atomic E-state index is 13.4. The lowest BCUT2D eigenvalue weighted by Crippen LogP contribution is -2.33. The molecule has 1 aliphatic heterocycles. The number of hydrogen-bond donors (Lipinski definition) is 1. The van der Waals surface area contributed by atoms with Crippen molar-refractivity contribution in [3.63, 3.8) is 0 Å². The molecule has 1 heterocycles. The molecule has 1 N–H and O–H groups in total. The summed E-state index contributed by atoms with van der Waals surface area (Å²) in [7, 11) is 0. The van der Waals surface area contributed by atoms with Crippen molar-refractivity contribution in [1.29, 1.82) is 0 Å². The number of anilines is 2. The van der Waals surface area contributed by atoms with E-state index in [0.717, 1.165) is 41.4 Å². The summed E-state index contributed by atoms with van der Waals surface area (Å²) in [6.07, 6.45) is -3.84. The molecule has 0 aromatic heterocycles. The van der Waals surface area contributed by atoms with Gasteiger partial charge in [0, 0.05) is 10.6 Å². The molecule has 0 unspecified atom stereocenters. The number of alkyl halides is 3. The number of halogens is 4. The highest BCUT2D eigenvalue weighted by Gasteiger charge is 2.42. The van der Waals surface area contributed by atoms with E-state index in [-0.39, 0.29) is 21.3 Å². The van der Waals surface area contributed by atoms with E-state index in [1.54, 1.807) is 24.3 Å². The highest BCUT2D eigenvalue weighted by atomic mass is 35.5. The second-order valence-electron chi connectivity index (χ2n) is 7.90. The summed E-state index contributed by atoms with van der Waals surface area (Å²) in [6, 6.07) is 17.2. The van der Waals surface area contributed by atoms with Gasteiger partial charge in [0.15, 0.2) is 0 Å². The number of aryl methyl sites for hydroxylation is 2. The van der Waals surface area contributed by atoms with Gasteiger partial charge in [-0.1, -0.05) is 60.1 Å². The molecule has 35 heavy (non-hydrogen) atoms. The van der Waals surface area contributed by atoms with E-state index in [2.05, 4.69) is 5.32 Å². The van der Waals surface area contributed by atoms with Gasteiger partial charge in [0.25, 0.3) is 11.8 Å². The average molecular weight is 517 g/mol. The van der Waals surface area contributed by atoms with Crippen molar-refractivity contribution in [2.75, 3.05) is 10.2 Å². The Kier molecular flexibility index (Phi) is 6.96. The molecule has 3 aromatic rings. The molecule has 9 heteroatoms. The van der Waals surface area contributed by atoms with Crippen molar-refractivity contribution in [2.45, 2.75) is 31.3 Å². The maximum Gasteiger partial charge on any atom is 0.416 e. The number of hydrogen-bond acceptors (Lipinski definition) is 4. The van der Waals surface area contributed by atoms with E-state index in [1.807, 2.05) is 38.1 Å². The molecule has 1 aliphatic rings. The van der Waals surface area contributed by atoms with Crippen LogP contribution in [0.1, 0.15) is 23.6 Å². The molecule has 0 aliphatic carbocycles. The molecule has 2 amide bonds. The molecule has 0 atom stereocenters. The number of carbonyl (C=O) groups excluding carboxylic acids is 2. The number of nitrogens with one attached hydrogen (secondary N) is 1. The van der Waals surface area contributed by atoms with Gasteiger partial charge >= 0.3 is 6.18 Å². The summed E-state index contributed by atoms with van der Waals surface area (Å²) in [5, 5.41) is 2.85. The quantitative estimate of drug-likeness (QED) is 0.351. The Bertz CT molecular complexity index is 1320. The Labute approximate surface area is 209 Å². The minimum atomic E-state index is -4.67. The number of amides is 2. The van der Waals surface area contributed by atoms with E-state index in [0.29, 0.717) is 21.5 Å². The SMILES string of the molecule is CCc1ccc(NC2=C(Sc3ccc(C)cc3)C(=O)N(c3cc(C(F)(F)F)ccc3Cl)C2=O)cc1. The van der Waals surface area contributed by atoms with Gasteiger partial charge in [-0.3, -0.25) is 9.59 Å². The predicted molar refractivity (Wildman–Crippen MR) is 132 cm³/mol. The van der Waals surface area contributed by atoms with E-state index in [1.165, 1.54) is 0 Å². The predicted octanol–water partition coefficient (Wildman–Crippen LogP) is 7.22. The first kappa shape index (κ1) is 24.9. The third kappa shape index (κ3) is 5.23. The van der Waals surface area contributed by atoms with E-state index >= 15 is 0 Å². The largest absolute Gasteiger partial charge is 0.416 e. The van der Waals surface area contributed by atoms with Gasteiger partial charge in [0.1, 0.15) is 10.6 Å². The average Bonchev–Trinajstić information content (AvgIpc) is 3.04. The van der Waals surface area contributed by atoms with E-state index in [9.17, 15) is 22.8 Å². The number of rotatable bonds is 6. The molecule has 0 saturated heterocycles. The van der Waals surface area contributed by atoms with Crippen molar-refractivity contribution in [1.82, 2.24) is 0 Å². The highest BCUT2D eigenvalue weighted by molar-refractivity contribution is 8.04. The van der Waals surface area contributed by atoms with Gasteiger partial charge in [0.05, 0.1) is 16.3 Å². The van der Waals surface area contributed by atoms with Crippen LogP contribution < -0.4 is 10.2 Å². The van der Waals surface area contributed by atoms with Crippen LogP contribution in [-0.4, -0.2) is 11.8 Å². The second-order valence-corrected chi connectivity index (χ2v) is 9.40. The van der Waals surface area contributed by atoms with Gasteiger partial charge in [-0.15, -0.1) is 0 Å². The molecule has 0 bridgehead atoms. The van der Waals surface area contributed by atoms with Gasteiger partial charge in [-0.2, -0.15) is 13.2 Å². The highest BCUT2D eigenvalue weighted by Crippen LogP contribution is 2.42. The summed E-state index contributed by atoms with van der Waals surface area (Å²) in [5.41, 5.74) is 1.31.